The van der Waals surface area contributed by atoms with Crippen molar-refractivity contribution < 1.29 is 18.7 Å². The summed E-state index contributed by atoms with van der Waals surface area (Å²) in [6.07, 6.45) is 1.92. The Bertz CT molecular complexity index is 650. The largest absolute Gasteiger partial charge is 0.481 e. The van der Waals surface area contributed by atoms with Gasteiger partial charge in [0.25, 0.3) is 0 Å². The van der Waals surface area contributed by atoms with Crippen molar-refractivity contribution in [3.8, 4) is 0 Å². The van der Waals surface area contributed by atoms with Gasteiger partial charge in [0.2, 0.25) is 0 Å². The van der Waals surface area contributed by atoms with Crippen LogP contribution in [0.4, 0.5) is 8.78 Å². The number of hydrogen-bond acceptors (Lipinski definition) is 2. The maximum Gasteiger partial charge on any atom is 0.396 e. The normalized spacial score (nSPS) is 15.7. The third-order valence-corrected chi connectivity index (χ3v) is 3.38. The lowest BCUT2D eigenvalue weighted by Gasteiger charge is -2.25. The van der Waals surface area contributed by atoms with Gasteiger partial charge < -0.3 is 14.4 Å². The van der Waals surface area contributed by atoms with Crippen molar-refractivity contribution >= 4 is 19.6 Å². The summed E-state index contributed by atoms with van der Waals surface area (Å²) in [5, 5.41) is 7.72. The maximum absolute atomic E-state index is 13.5. The Morgan fingerprint density at radius 2 is 2.05 bits per heavy atom. The zero-order valence-electron chi connectivity index (χ0n) is 12.2. The van der Waals surface area contributed by atoms with Gasteiger partial charge in [-0.2, -0.15) is 0 Å². The fraction of sp³-hybridized carbons (Fsp3) is 0.357. The van der Waals surface area contributed by atoms with E-state index in [-0.39, 0.29) is 13.0 Å². The smallest absolute Gasteiger partial charge is 0.396 e. The molecule has 0 amide bonds. The summed E-state index contributed by atoms with van der Waals surface area (Å²) in [5.41, 5.74) is 3.39. The monoisotopic (exact) mass is 293 g/mol. The SMILES string of the molecule is CCC(=O)O.Cc1cc(C)n2c1C=C1C(F)=C(F)CN1[B]2. The Kier molecular flexibility index (Phi) is 4.20. The lowest BCUT2D eigenvalue weighted by Crippen LogP contribution is -2.34. The van der Waals surface area contributed by atoms with E-state index >= 15 is 0 Å². The molecule has 2 aliphatic rings. The summed E-state index contributed by atoms with van der Waals surface area (Å²) < 4.78 is 28.5. The van der Waals surface area contributed by atoms with E-state index in [2.05, 4.69) is 0 Å². The van der Waals surface area contributed by atoms with Gasteiger partial charge in [-0.1, -0.05) is 6.92 Å². The van der Waals surface area contributed by atoms with Gasteiger partial charge in [-0.05, 0) is 31.6 Å². The summed E-state index contributed by atoms with van der Waals surface area (Å²) in [6.45, 7) is 5.53. The number of hydrogen-bond donors (Lipinski definition) is 1. The first-order chi connectivity index (χ1) is 9.85. The van der Waals surface area contributed by atoms with Crippen LogP contribution in [0.2, 0.25) is 0 Å². The van der Waals surface area contributed by atoms with Crippen LogP contribution in [0.1, 0.15) is 30.3 Å². The second kappa shape index (κ2) is 5.75. The molecule has 2 aliphatic heterocycles. The second-order valence-corrected chi connectivity index (χ2v) is 4.96. The number of carboxylic acids is 1. The van der Waals surface area contributed by atoms with Crippen molar-refractivity contribution in [2.75, 3.05) is 6.54 Å². The number of fused-ring (bicyclic) bond motifs is 2. The molecule has 0 aliphatic carbocycles. The summed E-state index contributed by atoms with van der Waals surface area (Å²) in [5.74, 6) is -2.17. The minimum atomic E-state index is -0.745. The average molecular weight is 293 g/mol. The number of allylic oxidation sites excluding steroid dienone is 1. The molecule has 0 unspecified atom stereocenters. The lowest BCUT2D eigenvalue weighted by molar-refractivity contribution is -0.136. The van der Waals surface area contributed by atoms with Gasteiger partial charge in [0.05, 0.1) is 12.2 Å². The van der Waals surface area contributed by atoms with Crippen LogP contribution in [0, 0.1) is 13.8 Å². The lowest BCUT2D eigenvalue weighted by atomic mass is 10.0. The molecule has 0 saturated heterocycles. The summed E-state index contributed by atoms with van der Waals surface area (Å²) >= 11 is 0. The molecule has 4 nitrogen and oxygen atoms in total. The zero-order chi connectivity index (χ0) is 15.7. The van der Waals surface area contributed by atoms with E-state index in [4.69, 9.17) is 5.11 Å². The van der Waals surface area contributed by atoms with E-state index in [1.165, 1.54) is 0 Å². The second-order valence-electron chi connectivity index (χ2n) is 4.96. The summed E-state index contributed by atoms with van der Waals surface area (Å²) in [6, 6.07) is 2.03. The van der Waals surface area contributed by atoms with Gasteiger partial charge in [-0.25, -0.2) is 8.78 Å². The van der Waals surface area contributed by atoms with E-state index in [0.717, 1.165) is 17.0 Å². The van der Waals surface area contributed by atoms with E-state index in [0.29, 0.717) is 5.70 Å². The molecule has 0 spiro atoms. The number of aryl methyl sites for hydroxylation is 2. The van der Waals surface area contributed by atoms with Crippen LogP contribution in [0.15, 0.2) is 23.4 Å². The third-order valence-electron chi connectivity index (χ3n) is 3.38. The highest BCUT2D eigenvalue weighted by Gasteiger charge is 2.32. The average Bonchev–Trinajstić information content (AvgIpc) is 2.87. The summed E-state index contributed by atoms with van der Waals surface area (Å²) in [7, 11) is 1.75. The van der Waals surface area contributed by atoms with Crippen molar-refractivity contribution in [3.63, 3.8) is 0 Å². The van der Waals surface area contributed by atoms with Crippen LogP contribution in [0.3, 0.4) is 0 Å². The fourth-order valence-corrected chi connectivity index (χ4v) is 2.26. The first-order valence-electron chi connectivity index (χ1n) is 6.63. The highest BCUT2D eigenvalue weighted by Crippen LogP contribution is 2.34. The molecular weight excluding hydrogens is 277 g/mol. The molecular formula is C14H16BF2N2O2. The number of rotatable bonds is 1. The minimum absolute atomic E-state index is 0.00618. The molecule has 3 rings (SSSR count). The van der Waals surface area contributed by atoms with Gasteiger partial charge in [-0.15, -0.1) is 0 Å². The van der Waals surface area contributed by atoms with E-state index in [9.17, 15) is 13.6 Å². The quantitative estimate of drug-likeness (QED) is 0.810. The molecule has 1 radical (unpaired) electrons. The molecule has 1 N–H and O–H groups in total. The third kappa shape index (κ3) is 2.86. The first-order valence-corrected chi connectivity index (χ1v) is 6.63. The van der Waals surface area contributed by atoms with E-state index in [1.54, 1.807) is 25.4 Å². The zero-order valence-corrected chi connectivity index (χ0v) is 12.2. The van der Waals surface area contributed by atoms with Crippen molar-refractivity contribution in [1.82, 2.24) is 9.29 Å². The van der Waals surface area contributed by atoms with Crippen molar-refractivity contribution in [1.29, 1.82) is 0 Å². The maximum atomic E-state index is 13.5. The van der Waals surface area contributed by atoms with Gasteiger partial charge >= 0.3 is 13.5 Å². The van der Waals surface area contributed by atoms with Crippen LogP contribution >= 0.6 is 0 Å². The number of aliphatic carboxylic acids is 1. The first kappa shape index (κ1) is 15.3. The number of carbonyl (C=O) groups is 1. The van der Waals surface area contributed by atoms with Gasteiger partial charge in [0.1, 0.15) is 0 Å². The van der Waals surface area contributed by atoms with Gasteiger partial charge in [0, 0.05) is 17.8 Å². The van der Waals surface area contributed by atoms with Crippen LogP contribution in [0.25, 0.3) is 6.08 Å². The molecule has 1 aromatic heterocycles. The van der Waals surface area contributed by atoms with E-state index in [1.807, 2.05) is 24.4 Å². The Morgan fingerprint density at radius 1 is 1.43 bits per heavy atom. The minimum Gasteiger partial charge on any atom is -0.481 e. The number of halogens is 2. The Morgan fingerprint density at radius 3 is 2.62 bits per heavy atom. The van der Waals surface area contributed by atoms with Crippen LogP contribution < -0.4 is 0 Å². The molecule has 111 valence electrons. The van der Waals surface area contributed by atoms with Gasteiger partial charge in [0.15, 0.2) is 11.7 Å². The molecule has 7 heteroatoms. The summed E-state index contributed by atoms with van der Waals surface area (Å²) in [4.78, 5) is 11.0. The molecule has 1 aromatic rings. The highest BCUT2D eigenvalue weighted by atomic mass is 19.2. The van der Waals surface area contributed by atoms with Crippen molar-refractivity contribution in [2.24, 2.45) is 0 Å². The van der Waals surface area contributed by atoms with Crippen LogP contribution in [-0.4, -0.2) is 34.5 Å². The number of aromatic nitrogens is 1. The van der Waals surface area contributed by atoms with E-state index < -0.39 is 17.6 Å². The molecule has 21 heavy (non-hydrogen) atoms. The predicted molar refractivity (Wildman–Crippen MR) is 76.9 cm³/mol. The van der Waals surface area contributed by atoms with Crippen LogP contribution in [0.5, 0.6) is 0 Å². The predicted octanol–water partition coefficient (Wildman–Crippen LogP) is 2.79. The fourth-order valence-electron chi connectivity index (χ4n) is 2.26. The van der Waals surface area contributed by atoms with Crippen molar-refractivity contribution in [3.05, 3.63) is 40.4 Å². The topological polar surface area (TPSA) is 45.5 Å². The van der Waals surface area contributed by atoms with Crippen molar-refractivity contribution in [2.45, 2.75) is 27.2 Å². The molecule has 3 heterocycles. The van der Waals surface area contributed by atoms with Gasteiger partial charge in [-0.3, -0.25) is 4.79 Å². The number of carboxylic acid groups (broad SMARTS) is 1. The molecule has 0 aromatic carbocycles. The Hall–Kier alpha value is -2.05. The molecule has 0 bridgehead atoms. The molecule has 0 fully saturated rings. The number of nitrogens with zero attached hydrogens (tertiary/aromatic N) is 2. The van der Waals surface area contributed by atoms with Crippen LogP contribution in [-0.2, 0) is 4.79 Å². The molecule has 0 atom stereocenters. The standard InChI is InChI=1S/C11H10BF2N2.C3H6O2/c1-6-3-7(2)16-9(6)4-10-11(14)8(13)5-15(10)12-16;1-2-3(4)5/h3-4H,5H2,1-2H3;2H2,1H3,(H,4,5). The molecule has 0 saturated carbocycles. The Labute approximate surface area is 122 Å². The highest BCUT2D eigenvalue weighted by molar-refractivity contribution is 6.33. The Balaban J connectivity index is 0.000000282.